The molecule has 2 heterocycles. The first-order valence-corrected chi connectivity index (χ1v) is 8.44. The second-order valence-corrected chi connectivity index (χ2v) is 6.16. The van der Waals surface area contributed by atoms with Crippen LogP contribution < -0.4 is 11.1 Å². The molecule has 0 saturated carbocycles. The predicted octanol–water partition coefficient (Wildman–Crippen LogP) is 3.46. The molecule has 0 aliphatic rings. The molecule has 0 saturated heterocycles. The quantitative estimate of drug-likeness (QED) is 0.681. The van der Waals surface area contributed by atoms with Crippen LogP contribution in [-0.2, 0) is 7.05 Å². The van der Waals surface area contributed by atoms with Crippen LogP contribution in [0.4, 0.5) is 19.0 Å². The van der Waals surface area contributed by atoms with Crippen LogP contribution >= 0.6 is 0 Å². The maximum Gasteiger partial charge on any atom is 0.294 e. The molecule has 0 radical (unpaired) electrons. The first kappa shape index (κ1) is 20.1. The fourth-order valence-electron chi connectivity index (χ4n) is 2.72. The molecule has 29 heavy (non-hydrogen) atoms. The minimum Gasteiger partial charge on any atom is -0.396 e. The Morgan fingerprint density at radius 2 is 1.93 bits per heavy atom. The second-order valence-electron chi connectivity index (χ2n) is 6.16. The maximum atomic E-state index is 14.9. The Morgan fingerprint density at radius 1 is 1.21 bits per heavy atom. The lowest BCUT2D eigenvalue weighted by Crippen LogP contribution is -2.18. The molecule has 0 aliphatic carbocycles. The van der Waals surface area contributed by atoms with E-state index in [4.69, 9.17) is 5.73 Å². The van der Waals surface area contributed by atoms with E-state index in [9.17, 15) is 18.0 Å². The molecule has 0 unspecified atom stereocenters. The topological polar surface area (TPSA) is 98.7 Å². The van der Waals surface area contributed by atoms with Crippen LogP contribution in [0.25, 0.3) is 11.5 Å². The standard InChI is InChI=1S/C19H17F3N6O/c1-10-7-14(27-19(29)18-25-9-26-28(18)2)24-8-13(10)15(20)16(23)11-5-3-4-6-12(11)17(21)22/h3-9,17H,23H2,1-2H3,(H,24,27,29)/b16-15+. The molecule has 3 rings (SSSR count). The number of pyridine rings is 1. The number of carbonyl (C=O) groups is 1. The summed E-state index contributed by atoms with van der Waals surface area (Å²) in [6, 6.07) is 6.88. The highest BCUT2D eigenvalue weighted by Crippen LogP contribution is 2.32. The van der Waals surface area contributed by atoms with Gasteiger partial charge in [-0.1, -0.05) is 24.3 Å². The SMILES string of the molecule is Cc1cc(NC(=O)c2ncnn2C)ncc1/C(F)=C(\N)c1ccccc1C(F)F. The summed E-state index contributed by atoms with van der Waals surface area (Å²) in [5.41, 5.74) is 5.41. The third-order valence-electron chi connectivity index (χ3n) is 4.23. The number of hydrogen-bond acceptors (Lipinski definition) is 5. The van der Waals surface area contributed by atoms with Crippen LogP contribution in [0, 0.1) is 6.92 Å². The molecule has 3 N–H and O–H groups in total. The van der Waals surface area contributed by atoms with Crippen molar-refractivity contribution in [3.63, 3.8) is 0 Å². The molecule has 1 amide bonds. The van der Waals surface area contributed by atoms with E-state index in [1.165, 1.54) is 47.5 Å². The lowest BCUT2D eigenvalue weighted by molar-refractivity contribution is 0.101. The summed E-state index contributed by atoms with van der Waals surface area (Å²) in [7, 11) is 1.56. The average molecular weight is 402 g/mol. The van der Waals surface area contributed by atoms with Gasteiger partial charge in [0.15, 0.2) is 5.83 Å². The highest BCUT2D eigenvalue weighted by molar-refractivity contribution is 6.01. The number of hydrogen-bond donors (Lipinski definition) is 2. The van der Waals surface area contributed by atoms with Crippen molar-refractivity contribution in [2.45, 2.75) is 13.3 Å². The van der Waals surface area contributed by atoms with E-state index in [0.29, 0.717) is 5.56 Å². The van der Waals surface area contributed by atoms with Gasteiger partial charge in [0.25, 0.3) is 12.3 Å². The molecule has 0 bridgehead atoms. The van der Waals surface area contributed by atoms with Crippen molar-refractivity contribution in [3.05, 3.63) is 70.9 Å². The number of amides is 1. The fourth-order valence-corrected chi connectivity index (χ4v) is 2.72. The first-order valence-electron chi connectivity index (χ1n) is 8.44. The summed E-state index contributed by atoms with van der Waals surface area (Å²) in [5.74, 6) is -1.17. The zero-order valence-electron chi connectivity index (χ0n) is 15.5. The first-order chi connectivity index (χ1) is 13.8. The number of anilines is 1. The third-order valence-corrected chi connectivity index (χ3v) is 4.23. The van der Waals surface area contributed by atoms with Crippen LogP contribution in [-0.4, -0.2) is 25.7 Å². The Morgan fingerprint density at radius 3 is 2.55 bits per heavy atom. The number of halogens is 3. The lowest BCUT2D eigenvalue weighted by atomic mass is 10.0. The molecule has 3 aromatic rings. The number of benzene rings is 1. The molecule has 1 aromatic carbocycles. The number of aryl methyl sites for hydroxylation is 2. The van der Waals surface area contributed by atoms with Gasteiger partial charge in [-0.25, -0.2) is 27.8 Å². The summed E-state index contributed by atoms with van der Waals surface area (Å²) in [4.78, 5) is 20.0. The molecular weight excluding hydrogens is 385 g/mol. The Kier molecular flexibility index (Phi) is 5.62. The van der Waals surface area contributed by atoms with Gasteiger partial charge in [-0.3, -0.25) is 4.79 Å². The van der Waals surface area contributed by atoms with Crippen LogP contribution in [0.5, 0.6) is 0 Å². The molecule has 150 valence electrons. The zero-order valence-corrected chi connectivity index (χ0v) is 15.5. The van der Waals surface area contributed by atoms with Gasteiger partial charge in [-0.2, -0.15) is 5.10 Å². The number of alkyl halides is 2. The number of aromatic nitrogens is 4. The van der Waals surface area contributed by atoms with Crippen molar-refractivity contribution in [1.29, 1.82) is 0 Å². The molecule has 0 fully saturated rings. The van der Waals surface area contributed by atoms with E-state index in [0.717, 1.165) is 0 Å². The summed E-state index contributed by atoms with van der Waals surface area (Å²) >= 11 is 0. The van der Waals surface area contributed by atoms with E-state index in [1.54, 1.807) is 14.0 Å². The fraction of sp³-hybridized carbons (Fsp3) is 0.158. The molecule has 0 atom stereocenters. The number of nitrogens with zero attached hydrogens (tertiary/aromatic N) is 4. The molecule has 10 heteroatoms. The van der Waals surface area contributed by atoms with Crippen LogP contribution in [0.1, 0.15) is 39.3 Å². The van der Waals surface area contributed by atoms with Gasteiger partial charge in [0.2, 0.25) is 5.82 Å². The van der Waals surface area contributed by atoms with Crippen LogP contribution in [0.2, 0.25) is 0 Å². The number of rotatable bonds is 5. The van der Waals surface area contributed by atoms with Gasteiger partial charge in [0.1, 0.15) is 12.1 Å². The highest BCUT2D eigenvalue weighted by Gasteiger charge is 2.19. The van der Waals surface area contributed by atoms with Gasteiger partial charge in [-0.15, -0.1) is 0 Å². The van der Waals surface area contributed by atoms with Crippen molar-refractivity contribution < 1.29 is 18.0 Å². The van der Waals surface area contributed by atoms with E-state index in [2.05, 4.69) is 20.4 Å². The summed E-state index contributed by atoms with van der Waals surface area (Å²) in [6.45, 7) is 1.58. The lowest BCUT2D eigenvalue weighted by Gasteiger charge is -2.12. The van der Waals surface area contributed by atoms with E-state index in [1.807, 2.05) is 0 Å². The monoisotopic (exact) mass is 402 g/mol. The van der Waals surface area contributed by atoms with Crippen molar-refractivity contribution >= 4 is 23.2 Å². The summed E-state index contributed by atoms with van der Waals surface area (Å²) < 4.78 is 42.6. The third kappa shape index (κ3) is 4.10. The normalized spacial score (nSPS) is 12.1. The van der Waals surface area contributed by atoms with Crippen LogP contribution in [0.3, 0.4) is 0 Å². The largest absolute Gasteiger partial charge is 0.396 e. The highest BCUT2D eigenvalue weighted by atomic mass is 19.3. The Bertz CT molecular complexity index is 1090. The maximum absolute atomic E-state index is 14.9. The van der Waals surface area contributed by atoms with Gasteiger partial charge < -0.3 is 11.1 Å². The van der Waals surface area contributed by atoms with E-state index < -0.39 is 23.9 Å². The number of nitrogens with one attached hydrogen (secondary N) is 1. The average Bonchev–Trinajstić information content (AvgIpc) is 3.13. The van der Waals surface area contributed by atoms with Crippen molar-refractivity contribution in [2.24, 2.45) is 12.8 Å². The predicted molar refractivity (Wildman–Crippen MR) is 101 cm³/mol. The molecule has 2 aromatic heterocycles. The molecule has 7 nitrogen and oxygen atoms in total. The van der Waals surface area contributed by atoms with Gasteiger partial charge in [0.05, 0.1) is 5.70 Å². The molecule has 0 spiro atoms. The Balaban J connectivity index is 1.91. The van der Waals surface area contributed by atoms with Crippen molar-refractivity contribution in [2.75, 3.05) is 5.32 Å². The zero-order chi connectivity index (χ0) is 21.1. The van der Waals surface area contributed by atoms with E-state index in [-0.39, 0.29) is 28.3 Å². The summed E-state index contributed by atoms with van der Waals surface area (Å²) in [6.07, 6.45) is -0.388. The Hall–Kier alpha value is -3.69. The smallest absolute Gasteiger partial charge is 0.294 e. The molecule has 0 aliphatic heterocycles. The number of nitrogens with two attached hydrogens (primary N) is 1. The van der Waals surface area contributed by atoms with Gasteiger partial charge >= 0.3 is 0 Å². The second kappa shape index (κ2) is 8.13. The Labute approximate surface area is 164 Å². The number of carbonyl (C=O) groups excluding carboxylic acids is 1. The minimum absolute atomic E-state index is 0.0308. The van der Waals surface area contributed by atoms with Gasteiger partial charge in [-0.05, 0) is 18.6 Å². The summed E-state index contributed by atoms with van der Waals surface area (Å²) in [5, 5.41) is 6.34. The van der Waals surface area contributed by atoms with Crippen molar-refractivity contribution in [3.8, 4) is 0 Å². The van der Waals surface area contributed by atoms with Crippen molar-refractivity contribution in [1.82, 2.24) is 19.7 Å². The van der Waals surface area contributed by atoms with Crippen LogP contribution in [0.15, 0.2) is 42.9 Å². The molecular formula is C19H17F3N6O. The minimum atomic E-state index is -2.80. The van der Waals surface area contributed by atoms with E-state index >= 15 is 0 Å². The van der Waals surface area contributed by atoms with Gasteiger partial charge in [0, 0.05) is 29.9 Å².